The van der Waals surface area contributed by atoms with Crippen LogP contribution in [0.3, 0.4) is 0 Å². The van der Waals surface area contributed by atoms with E-state index in [-0.39, 0.29) is 18.2 Å². The number of rotatable bonds is 1. The molecule has 0 bridgehead atoms. The summed E-state index contributed by atoms with van der Waals surface area (Å²) in [7, 11) is 0. The number of para-hydroxylation sites is 1. The van der Waals surface area contributed by atoms with Crippen molar-refractivity contribution < 1.29 is 13.9 Å². The summed E-state index contributed by atoms with van der Waals surface area (Å²) in [6, 6.07) is 13.7. The van der Waals surface area contributed by atoms with Crippen molar-refractivity contribution >= 4 is 11.4 Å². The fraction of sp³-hybridized carbons (Fsp3) is 0.118. The predicted octanol–water partition coefficient (Wildman–Crippen LogP) is 3.48. The van der Waals surface area contributed by atoms with Gasteiger partial charge in [0.2, 0.25) is 0 Å². The molecule has 0 radical (unpaired) electrons. The summed E-state index contributed by atoms with van der Waals surface area (Å²) in [5, 5.41) is 0. The van der Waals surface area contributed by atoms with Crippen LogP contribution in [0.2, 0.25) is 0 Å². The van der Waals surface area contributed by atoms with Crippen molar-refractivity contribution in [2.24, 2.45) is 5.41 Å². The number of hydrogen-bond donors (Lipinski definition) is 0. The summed E-state index contributed by atoms with van der Waals surface area (Å²) < 4.78 is 19.5. The minimum absolute atomic E-state index is 0.00222. The standard InChI is InChI=1S/C17H11FO2/c18-14-7-3-1-5-11(14)13-9-17(13)10-20-15-8-4-2-6-12(15)16(17)19/h1-9H,10H2. The summed E-state index contributed by atoms with van der Waals surface area (Å²) in [6.45, 7) is 0.256. The Morgan fingerprint density at radius 3 is 2.50 bits per heavy atom. The molecule has 0 saturated carbocycles. The number of ether oxygens (including phenoxy) is 1. The molecule has 2 nitrogen and oxygen atoms in total. The molecule has 20 heavy (non-hydrogen) atoms. The Labute approximate surface area is 115 Å². The Morgan fingerprint density at radius 2 is 1.70 bits per heavy atom. The lowest BCUT2D eigenvalue weighted by atomic mass is 9.86. The maximum atomic E-state index is 13.8. The fourth-order valence-electron chi connectivity index (χ4n) is 2.79. The van der Waals surface area contributed by atoms with Gasteiger partial charge < -0.3 is 4.74 Å². The lowest BCUT2D eigenvalue weighted by molar-refractivity contribution is 0.0836. The highest BCUT2D eigenvalue weighted by molar-refractivity contribution is 6.18. The number of hydrogen-bond acceptors (Lipinski definition) is 2. The van der Waals surface area contributed by atoms with E-state index in [1.54, 1.807) is 30.3 Å². The van der Waals surface area contributed by atoms with Crippen LogP contribution >= 0.6 is 0 Å². The van der Waals surface area contributed by atoms with Gasteiger partial charge in [0.15, 0.2) is 5.78 Å². The number of ketones is 1. The van der Waals surface area contributed by atoms with E-state index < -0.39 is 5.41 Å². The molecule has 1 unspecified atom stereocenters. The van der Waals surface area contributed by atoms with Crippen LogP contribution < -0.4 is 4.74 Å². The molecule has 98 valence electrons. The molecule has 0 N–H and O–H groups in total. The molecule has 1 heterocycles. The molecule has 2 aromatic carbocycles. The first kappa shape index (κ1) is 11.4. The van der Waals surface area contributed by atoms with Crippen LogP contribution in [0.15, 0.2) is 54.6 Å². The summed E-state index contributed by atoms with van der Waals surface area (Å²) in [5.74, 6) is 0.302. The summed E-state index contributed by atoms with van der Waals surface area (Å²) >= 11 is 0. The van der Waals surface area contributed by atoms with E-state index in [4.69, 9.17) is 4.74 Å². The van der Waals surface area contributed by atoms with Crippen LogP contribution in [-0.4, -0.2) is 12.4 Å². The molecule has 2 aliphatic rings. The fourth-order valence-corrected chi connectivity index (χ4v) is 2.79. The van der Waals surface area contributed by atoms with Crippen LogP contribution in [0.4, 0.5) is 4.39 Å². The Kier molecular flexibility index (Phi) is 2.16. The third kappa shape index (κ3) is 1.40. The first-order valence-corrected chi connectivity index (χ1v) is 6.47. The third-order valence-corrected chi connectivity index (χ3v) is 3.94. The zero-order valence-corrected chi connectivity index (χ0v) is 10.6. The average Bonchev–Trinajstić information content (AvgIpc) is 3.19. The van der Waals surface area contributed by atoms with Gasteiger partial charge in [0.25, 0.3) is 0 Å². The highest BCUT2D eigenvalue weighted by atomic mass is 19.1. The van der Waals surface area contributed by atoms with Crippen LogP contribution in [0.1, 0.15) is 15.9 Å². The van der Waals surface area contributed by atoms with Gasteiger partial charge in [0, 0.05) is 5.56 Å². The second-order valence-corrected chi connectivity index (χ2v) is 5.12. The zero-order valence-electron chi connectivity index (χ0n) is 10.6. The maximum Gasteiger partial charge on any atom is 0.184 e. The number of fused-ring (bicyclic) bond motifs is 1. The monoisotopic (exact) mass is 266 g/mol. The van der Waals surface area contributed by atoms with Crippen molar-refractivity contribution in [3.05, 3.63) is 71.6 Å². The molecule has 1 aliphatic carbocycles. The number of halogens is 1. The number of carbonyl (C=O) groups excluding carboxylic acids is 1. The Hall–Kier alpha value is -2.42. The van der Waals surface area contributed by atoms with Gasteiger partial charge in [0.05, 0.1) is 5.56 Å². The van der Waals surface area contributed by atoms with Gasteiger partial charge >= 0.3 is 0 Å². The largest absolute Gasteiger partial charge is 0.491 e. The topological polar surface area (TPSA) is 26.3 Å². The summed E-state index contributed by atoms with van der Waals surface area (Å²) in [5.41, 5.74) is 1.02. The molecule has 1 atom stereocenters. The van der Waals surface area contributed by atoms with Crippen LogP contribution in [0.25, 0.3) is 5.57 Å². The van der Waals surface area contributed by atoms with Gasteiger partial charge in [-0.2, -0.15) is 0 Å². The van der Waals surface area contributed by atoms with E-state index in [0.29, 0.717) is 16.9 Å². The summed E-state index contributed by atoms with van der Waals surface area (Å²) in [6.07, 6.45) is 1.81. The second kappa shape index (κ2) is 3.79. The van der Waals surface area contributed by atoms with Crippen LogP contribution in [0.5, 0.6) is 5.75 Å². The van der Waals surface area contributed by atoms with E-state index in [0.717, 1.165) is 5.57 Å². The molecule has 0 amide bonds. The first-order valence-electron chi connectivity index (χ1n) is 6.47. The van der Waals surface area contributed by atoms with Crippen LogP contribution in [-0.2, 0) is 0 Å². The van der Waals surface area contributed by atoms with Crippen molar-refractivity contribution in [2.75, 3.05) is 6.61 Å². The first-order chi connectivity index (χ1) is 9.72. The number of carbonyl (C=O) groups is 1. The molecule has 1 spiro atoms. The smallest absolute Gasteiger partial charge is 0.184 e. The van der Waals surface area contributed by atoms with Crippen molar-refractivity contribution in [1.82, 2.24) is 0 Å². The van der Waals surface area contributed by atoms with Gasteiger partial charge in [0.1, 0.15) is 23.6 Å². The molecule has 0 saturated heterocycles. The zero-order chi connectivity index (χ0) is 13.7. The van der Waals surface area contributed by atoms with Gasteiger partial charge in [-0.15, -0.1) is 0 Å². The Morgan fingerprint density at radius 1 is 1.00 bits per heavy atom. The minimum Gasteiger partial charge on any atom is -0.491 e. The average molecular weight is 266 g/mol. The SMILES string of the molecule is O=C1c2ccccc2OCC12C=C2c1ccccc1F. The van der Waals surface area contributed by atoms with E-state index in [9.17, 15) is 9.18 Å². The number of Topliss-reactive ketones (excluding diaryl/α,β-unsaturated/α-hetero) is 1. The molecule has 3 heteroatoms. The van der Waals surface area contributed by atoms with Crippen molar-refractivity contribution in [3.8, 4) is 5.75 Å². The van der Waals surface area contributed by atoms with Crippen LogP contribution in [0, 0.1) is 11.2 Å². The predicted molar refractivity (Wildman–Crippen MR) is 73.1 cm³/mol. The summed E-state index contributed by atoms with van der Waals surface area (Å²) in [4.78, 5) is 12.6. The number of benzene rings is 2. The lowest BCUT2D eigenvalue weighted by Gasteiger charge is -2.25. The maximum absolute atomic E-state index is 13.8. The van der Waals surface area contributed by atoms with Gasteiger partial charge in [-0.1, -0.05) is 36.4 Å². The van der Waals surface area contributed by atoms with Crippen molar-refractivity contribution in [1.29, 1.82) is 0 Å². The highest BCUT2D eigenvalue weighted by Crippen LogP contribution is 2.56. The van der Waals surface area contributed by atoms with E-state index in [1.807, 2.05) is 18.2 Å². The quantitative estimate of drug-likeness (QED) is 0.789. The molecular weight excluding hydrogens is 255 g/mol. The van der Waals surface area contributed by atoms with E-state index >= 15 is 0 Å². The minimum atomic E-state index is -0.767. The molecule has 4 rings (SSSR count). The van der Waals surface area contributed by atoms with Gasteiger partial charge in [-0.25, -0.2) is 4.39 Å². The lowest BCUT2D eigenvalue weighted by Crippen LogP contribution is -2.32. The normalized spacial score (nSPS) is 23.1. The van der Waals surface area contributed by atoms with E-state index in [1.165, 1.54) is 6.07 Å². The molecular formula is C17H11FO2. The molecule has 1 aliphatic heterocycles. The molecule has 2 aromatic rings. The van der Waals surface area contributed by atoms with Crippen molar-refractivity contribution in [3.63, 3.8) is 0 Å². The molecule has 0 fully saturated rings. The Bertz CT molecular complexity index is 763. The van der Waals surface area contributed by atoms with Gasteiger partial charge in [-0.3, -0.25) is 4.79 Å². The second-order valence-electron chi connectivity index (χ2n) is 5.12. The van der Waals surface area contributed by atoms with E-state index in [2.05, 4.69) is 0 Å². The van der Waals surface area contributed by atoms with Gasteiger partial charge in [-0.05, 0) is 23.8 Å². The molecule has 0 aromatic heterocycles. The van der Waals surface area contributed by atoms with Crippen molar-refractivity contribution in [2.45, 2.75) is 0 Å². The highest BCUT2D eigenvalue weighted by Gasteiger charge is 2.55. The third-order valence-electron chi connectivity index (χ3n) is 3.94. The Balaban J connectivity index is 1.74.